The number of nitrogens with two attached hydrogens (primary N) is 1. The van der Waals surface area contributed by atoms with Crippen LogP contribution in [0.15, 0.2) is 18.2 Å². The van der Waals surface area contributed by atoms with Crippen molar-refractivity contribution < 1.29 is 9.18 Å². The quantitative estimate of drug-likeness (QED) is 0.835. The van der Waals surface area contributed by atoms with E-state index in [0.29, 0.717) is 0 Å². The van der Waals surface area contributed by atoms with E-state index < -0.39 is 17.8 Å². The molecular weight excluding hydrogens is 221 g/mol. The number of halogens is 1. The number of nitrogens with one attached hydrogen (secondary N) is 1. The second-order valence-corrected chi connectivity index (χ2v) is 4.03. The molecule has 0 bridgehead atoms. The van der Waals surface area contributed by atoms with E-state index in [1.807, 2.05) is 0 Å². The van der Waals surface area contributed by atoms with Crippen LogP contribution >= 0.6 is 0 Å². The first kappa shape index (κ1) is 13.1. The van der Waals surface area contributed by atoms with Crippen molar-refractivity contribution in [3.8, 4) is 6.07 Å². The molecule has 3 N–H and O–H groups in total. The number of hydrogen-bond acceptors (Lipinski definition) is 3. The minimum absolute atomic E-state index is 0.0332. The molecule has 1 amide bonds. The number of benzene rings is 1. The largest absolute Gasteiger partial charge is 0.323 e. The maximum Gasteiger partial charge on any atom is 0.241 e. The number of anilines is 1. The SMILES string of the molecule is CC(C)[C@H](N)C(=O)Nc1cccc(F)c1C#N. The molecule has 1 aromatic carbocycles. The fourth-order valence-electron chi connectivity index (χ4n) is 1.26. The Bertz CT molecular complexity index is 465. The fraction of sp³-hybridized carbons (Fsp3) is 0.333. The first-order valence-corrected chi connectivity index (χ1v) is 5.22. The number of hydrogen-bond donors (Lipinski definition) is 2. The third kappa shape index (κ3) is 3.02. The van der Waals surface area contributed by atoms with Crippen molar-refractivity contribution in [1.82, 2.24) is 0 Å². The van der Waals surface area contributed by atoms with Crippen LogP contribution < -0.4 is 11.1 Å². The Balaban J connectivity index is 2.94. The van der Waals surface area contributed by atoms with Gasteiger partial charge in [0.15, 0.2) is 0 Å². The Morgan fingerprint density at radius 2 is 2.18 bits per heavy atom. The van der Waals surface area contributed by atoms with Gasteiger partial charge in [0.25, 0.3) is 0 Å². The molecule has 0 aromatic heterocycles. The number of nitrogens with zero attached hydrogens (tertiary/aromatic N) is 1. The van der Waals surface area contributed by atoms with Crippen LogP contribution in [-0.2, 0) is 4.79 Å². The molecular formula is C12H14FN3O. The van der Waals surface area contributed by atoms with E-state index in [1.165, 1.54) is 12.1 Å². The van der Waals surface area contributed by atoms with Gasteiger partial charge in [-0.2, -0.15) is 5.26 Å². The van der Waals surface area contributed by atoms with Gasteiger partial charge in [-0.05, 0) is 18.1 Å². The molecule has 1 rings (SSSR count). The number of amides is 1. The van der Waals surface area contributed by atoms with Crippen LogP contribution in [0.1, 0.15) is 19.4 Å². The van der Waals surface area contributed by atoms with E-state index in [1.54, 1.807) is 19.9 Å². The zero-order valence-corrected chi connectivity index (χ0v) is 9.70. The lowest BCUT2D eigenvalue weighted by Gasteiger charge is -2.15. The number of carbonyl (C=O) groups excluding carboxylic acids is 1. The number of rotatable bonds is 3. The van der Waals surface area contributed by atoms with Crippen LogP contribution in [0, 0.1) is 23.1 Å². The van der Waals surface area contributed by atoms with Gasteiger partial charge in [-0.3, -0.25) is 4.79 Å². The molecule has 0 saturated heterocycles. The monoisotopic (exact) mass is 235 g/mol. The van der Waals surface area contributed by atoms with E-state index in [-0.39, 0.29) is 17.2 Å². The summed E-state index contributed by atoms with van der Waals surface area (Å²) >= 11 is 0. The molecule has 0 unspecified atom stereocenters. The first-order valence-electron chi connectivity index (χ1n) is 5.22. The first-order chi connectivity index (χ1) is 7.97. The number of carbonyl (C=O) groups is 1. The minimum atomic E-state index is -0.690. The van der Waals surface area contributed by atoms with Crippen molar-refractivity contribution in [1.29, 1.82) is 5.26 Å². The summed E-state index contributed by atoms with van der Waals surface area (Å²) < 4.78 is 13.3. The van der Waals surface area contributed by atoms with Crippen LogP contribution in [0.5, 0.6) is 0 Å². The van der Waals surface area contributed by atoms with Gasteiger partial charge in [-0.1, -0.05) is 19.9 Å². The van der Waals surface area contributed by atoms with E-state index in [4.69, 9.17) is 11.0 Å². The molecule has 1 atom stereocenters. The molecule has 0 aliphatic carbocycles. The normalized spacial score (nSPS) is 12.0. The van der Waals surface area contributed by atoms with E-state index >= 15 is 0 Å². The van der Waals surface area contributed by atoms with Gasteiger partial charge in [-0.25, -0.2) is 4.39 Å². The zero-order valence-electron chi connectivity index (χ0n) is 9.70. The molecule has 0 aliphatic heterocycles. The highest BCUT2D eigenvalue weighted by atomic mass is 19.1. The maximum absolute atomic E-state index is 13.3. The van der Waals surface area contributed by atoms with Crippen molar-refractivity contribution in [2.45, 2.75) is 19.9 Å². The summed E-state index contributed by atoms with van der Waals surface area (Å²) in [5.74, 6) is -1.13. The summed E-state index contributed by atoms with van der Waals surface area (Å²) in [4.78, 5) is 11.7. The standard InChI is InChI=1S/C12H14FN3O/c1-7(2)11(15)12(17)16-10-5-3-4-9(13)8(10)6-14/h3-5,7,11H,15H2,1-2H3,(H,16,17)/t11-/m0/s1. The van der Waals surface area contributed by atoms with Gasteiger partial charge in [0.05, 0.1) is 11.7 Å². The Morgan fingerprint density at radius 1 is 1.53 bits per heavy atom. The summed E-state index contributed by atoms with van der Waals surface area (Å²) in [7, 11) is 0. The van der Waals surface area contributed by atoms with Crippen LogP contribution in [0.25, 0.3) is 0 Å². The van der Waals surface area contributed by atoms with Gasteiger partial charge in [0.1, 0.15) is 17.4 Å². The van der Waals surface area contributed by atoms with Crippen molar-refractivity contribution in [2.75, 3.05) is 5.32 Å². The molecule has 0 radical (unpaired) electrons. The molecule has 0 saturated carbocycles. The van der Waals surface area contributed by atoms with Crippen molar-refractivity contribution in [2.24, 2.45) is 11.7 Å². The van der Waals surface area contributed by atoms with Crippen LogP contribution in [0.3, 0.4) is 0 Å². The Morgan fingerprint density at radius 3 is 2.71 bits per heavy atom. The molecule has 17 heavy (non-hydrogen) atoms. The lowest BCUT2D eigenvalue weighted by atomic mass is 10.0. The molecule has 1 aromatic rings. The molecule has 4 nitrogen and oxygen atoms in total. The third-order valence-corrected chi connectivity index (χ3v) is 2.40. The van der Waals surface area contributed by atoms with Crippen molar-refractivity contribution >= 4 is 11.6 Å². The fourth-order valence-corrected chi connectivity index (χ4v) is 1.26. The molecule has 90 valence electrons. The second-order valence-electron chi connectivity index (χ2n) is 4.03. The summed E-state index contributed by atoms with van der Waals surface area (Å²) in [6, 6.07) is 5.07. The summed E-state index contributed by atoms with van der Waals surface area (Å²) in [6.45, 7) is 3.61. The van der Waals surface area contributed by atoms with Gasteiger partial charge < -0.3 is 11.1 Å². The van der Waals surface area contributed by atoms with E-state index in [9.17, 15) is 9.18 Å². The van der Waals surface area contributed by atoms with Crippen LogP contribution in [0.2, 0.25) is 0 Å². The van der Waals surface area contributed by atoms with Crippen LogP contribution in [0.4, 0.5) is 10.1 Å². The molecule has 0 spiro atoms. The summed E-state index contributed by atoms with van der Waals surface area (Å²) in [5, 5.41) is 11.2. The average Bonchev–Trinajstić information content (AvgIpc) is 2.28. The maximum atomic E-state index is 13.3. The van der Waals surface area contributed by atoms with E-state index in [0.717, 1.165) is 6.07 Å². The molecule has 0 aliphatic rings. The summed E-state index contributed by atoms with van der Waals surface area (Å²) in [6.07, 6.45) is 0. The van der Waals surface area contributed by atoms with Crippen molar-refractivity contribution in [3.63, 3.8) is 0 Å². The zero-order chi connectivity index (χ0) is 13.0. The molecule has 0 heterocycles. The van der Waals surface area contributed by atoms with Gasteiger partial charge in [-0.15, -0.1) is 0 Å². The highest BCUT2D eigenvalue weighted by Crippen LogP contribution is 2.18. The van der Waals surface area contributed by atoms with Gasteiger partial charge in [0, 0.05) is 0 Å². The Labute approximate surface area is 99.2 Å². The summed E-state index contributed by atoms with van der Waals surface area (Å²) in [5.41, 5.74) is 5.61. The van der Waals surface area contributed by atoms with Crippen LogP contribution in [-0.4, -0.2) is 11.9 Å². The average molecular weight is 235 g/mol. The highest BCUT2D eigenvalue weighted by Gasteiger charge is 2.19. The van der Waals surface area contributed by atoms with E-state index in [2.05, 4.69) is 5.32 Å². The van der Waals surface area contributed by atoms with Crippen molar-refractivity contribution in [3.05, 3.63) is 29.6 Å². The predicted molar refractivity (Wildman–Crippen MR) is 62.6 cm³/mol. The Hall–Kier alpha value is -1.93. The molecule has 0 fully saturated rings. The van der Waals surface area contributed by atoms with Gasteiger partial charge in [0.2, 0.25) is 5.91 Å². The number of nitriles is 1. The third-order valence-electron chi connectivity index (χ3n) is 2.40. The highest BCUT2D eigenvalue weighted by molar-refractivity contribution is 5.95. The van der Waals surface area contributed by atoms with Gasteiger partial charge >= 0.3 is 0 Å². The second kappa shape index (κ2) is 5.41. The lowest BCUT2D eigenvalue weighted by molar-refractivity contribution is -0.118. The Kier molecular flexibility index (Phi) is 4.18. The topological polar surface area (TPSA) is 78.9 Å². The minimum Gasteiger partial charge on any atom is -0.323 e. The molecule has 5 heteroatoms. The lowest BCUT2D eigenvalue weighted by Crippen LogP contribution is -2.39. The predicted octanol–water partition coefficient (Wildman–Crippen LogP) is 1.62. The smallest absolute Gasteiger partial charge is 0.241 e.